The number of rotatable bonds is 8. The van der Waals surface area contributed by atoms with Crippen molar-refractivity contribution < 1.29 is 23.1 Å². The lowest BCUT2D eigenvalue weighted by Gasteiger charge is -2.19. The van der Waals surface area contributed by atoms with Gasteiger partial charge in [-0.1, -0.05) is 17.7 Å². The molecule has 34 heavy (non-hydrogen) atoms. The van der Waals surface area contributed by atoms with Crippen molar-refractivity contribution in [3.05, 3.63) is 81.8 Å². The van der Waals surface area contributed by atoms with Crippen molar-refractivity contribution in [2.75, 3.05) is 18.0 Å². The molecule has 0 spiro atoms. The van der Waals surface area contributed by atoms with Crippen LogP contribution in [-0.2, 0) is 10.0 Å². The summed E-state index contributed by atoms with van der Waals surface area (Å²) < 4.78 is 32.7. The average molecular weight is 546 g/mol. The van der Waals surface area contributed by atoms with Gasteiger partial charge >= 0.3 is 0 Å². The van der Waals surface area contributed by atoms with Crippen LogP contribution in [0.4, 0.5) is 5.69 Å². The van der Waals surface area contributed by atoms with Gasteiger partial charge in [-0.15, -0.1) is 0 Å². The summed E-state index contributed by atoms with van der Waals surface area (Å²) in [4.78, 5) is 12.6. The fourth-order valence-corrected chi connectivity index (χ4v) is 4.65. The van der Waals surface area contributed by atoms with Crippen LogP contribution in [0.3, 0.4) is 0 Å². The van der Waals surface area contributed by atoms with E-state index in [1.807, 2.05) is 6.92 Å². The molecule has 3 rings (SSSR count). The Hall–Kier alpha value is -3.37. The van der Waals surface area contributed by atoms with Crippen LogP contribution in [0.25, 0.3) is 0 Å². The van der Waals surface area contributed by atoms with E-state index < -0.39 is 15.9 Å². The second-order valence-corrected chi connectivity index (χ2v) is 10.1. The number of aryl methyl sites for hydroxylation is 1. The fourth-order valence-electron chi connectivity index (χ4n) is 2.99. The molecule has 2 N–H and O–H groups in total. The summed E-state index contributed by atoms with van der Waals surface area (Å²) in [5.74, 6) is -0.183. The summed E-state index contributed by atoms with van der Waals surface area (Å²) in [6, 6.07) is 16.0. The number of hydrogen-bond acceptors (Lipinski definition) is 6. The first-order valence-corrected chi connectivity index (χ1v) is 12.5. The number of phenols is 1. The lowest BCUT2D eigenvalue weighted by molar-refractivity contribution is 0.0955. The molecule has 0 saturated heterocycles. The van der Waals surface area contributed by atoms with Gasteiger partial charge in [0.2, 0.25) is 0 Å². The fraction of sp³-hybridized carbons (Fsp3) is 0.167. The van der Waals surface area contributed by atoms with Gasteiger partial charge in [0.25, 0.3) is 15.9 Å². The van der Waals surface area contributed by atoms with E-state index in [1.54, 1.807) is 55.5 Å². The molecule has 178 valence electrons. The van der Waals surface area contributed by atoms with E-state index >= 15 is 0 Å². The molecule has 0 aliphatic heterocycles. The van der Waals surface area contributed by atoms with Crippen LogP contribution in [0.5, 0.6) is 11.5 Å². The van der Waals surface area contributed by atoms with Crippen molar-refractivity contribution in [2.24, 2.45) is 5.10 Å². The molecule has 3 aromatic carbocycles. The maximum Gasteiger partial charge on any atom is 0.271 e. The van der Waals surface area contributed by atoms with Gasteiger partial charge in [-0.05, 0) is 83.9 Å². The second-order valence-electron chi connectivity index (χ2n) is 7.31. The third-order valence-corrected chi connectivity index (χ3v) is 7.31. The number of hydrogen-bond donors (Lipinski definition) is 2. The molecule has 1 amide bonds. The van der Waals surface area contributed by atoms with Gasteiger partial charge in [0, 0.05) is 12.6 Å². The molecule has 0 aliphatic carbocycles. The Morgan fingerprint density at radius 2 is 1.79 bits per heavy atom. The van der Waals surface area contributed by atoms with Crippen LogP contribution in [-0.4, -0.2) is 39.3 Å². The van der Waals surface area contributed by atoms with E-state index in [0.717, 1.165) is 9.87 Å². The Kier molecular flexibility index (Phi) is 7.95. The van der Waals surface area contributed by atoms with Gasteiger partial charge in [-0.2, -0.15) is 5.10 Å². The van der Waals surface area contributed by atoms with Crippen LogP contribution in [0.1, 0.15) is 28.4 Å². The van der Waals surface area contributed by atoms with Gasteiger partial charge in [0.05, 0.1) is 27.9 Å². The molecule has 10 heteroatoms. The first kappa shape index (κ1) is 25.3. The maximum atomic E-state index is 12.8. The minimum atomic E-state index is -3.72. The Morgan fingerprint density at radius 1 is 1.15 bits per heavy atom. The largest absolute Gasteiger partial charge is 0.503 e. The number of carbonyl (C=O) groups excluding carboxylic acids is 1. The van der Waals surface area contributed by atoms with Crippen LogP contribution in [0.15, 0.2) is 75.1 Å². The quantitative estimate of drug-likeness (QED) is 0.321. The standard InChI is InChI=1S/C24H24BrN3O5S/c1-4-33-22-14-17(13-21(25)23(22)29)15-26-27-24(30)18-7-9-19(10-8-18)28(3)34(31,32)20-11-5-16(2)6-12-20/h5-15,29H,4H2,1-3H3,(H,27,30)/b26-15-. The number of aromatic hydroxyl groups is 1. The van der Waals surface area contributed by atoms with E-state index in [0.29, 0.717) is 33.6 Å². The maximum absolute atomic E-state index is 12.8. The molecule has 0 heterocycles. The first-order valence-electron chi connectivity index (χ1n) is 10.3. The SMILES string of the molecule is CCOc1cc(/C=N\NC(=O)c2ccc(N(C)S(=O)(=O)c3ccc(C)cc3)cc2)cc(Br)c1O. The van der Waals surface area contributed by atoms with Crippen molar-refractivity contribution in [1.82, 2.24) is 5.43 Å². The van der Waals surface area contributed by atoms with Crippen LogP contribution in [0.2, 0.25) is 0 Å². The molecule has 0 bridgehead atoms. The number of nitrogens with zero attached hydrogens (tertiary/aromatic N) is 2. The van der Waals surface area contributed by atoms with Crippen LogP contribution >= 0.6 is 15.9 Å². The van der Waals surface area contributed by atoms with Crippen LogP contribution < -0.4 is 14.5 Å². The normalized spacial score (nSPS) is 11.4. The second kappa shape index (κ2) is 10.7. The summed E-state index contributed by atoms with van der Waals surface area (Å²) in [5, 5.41) is 13.9. The highest BCUT2D eigenvalue weighted by atomic mass is 79.9. The lowest BCUT2D eigenvalue weighted by atomic mass is 10.2. The Bertz CT molecular complexity index is 1310. The summed E-state index contributed by atoms with van der Waals surface area (Å²) >= 11 is 3.25. The monoisotopic (exact) mass is 545 g/mol. The summed E-state index contributed by atoms with van der Waals surface area (Å²) in [5.41, 5.74) is 4.72. The van der Waals surface area contributed by atoms with Gasteiger partial charge in [0.15, 0.2) is 11.5 Å². The third-order valence-electron chi connectivity index (χ3n) is 4.90. The zero-order chi connectivity index (χ0) is 24.9. The summed E-state index contributed by atoms with van der Waals surface area (Å²) in [7, 11) is -2.26. The van der Waals surface area contributed by atoms with Crippen molar-refractivity contribution in [2.45, 2.75) is 18.7 Å². The van der Waals surface area contributed by atoms with Gasteiger partial charge in [-0.3, -0.25) is 9.10 Å². The van der Waals surface area contributed by atoms with E-state index in [9.17, 15) is 18.3 Å². The molecular weight excluding hydrogens is 522 g/mol. The number of sulfonamides is 1. The number of hydrazone groups is 1. The molecule has 0 saturated carbocycles. The number of anilines is 1. The smallest absolute Gasteiger partial charge is 0.271 e. The summed E-state index contributed by atoms with van der Waals surface area (Å²) in [6.45, 7) is 4.07. The van der Waals surface area contributed by atoms with Crippen LogP contribution in [0, 0.1) is 6.92 Å². The summed E-state index contributed by atoms with van der Waals surface area (Å²) in [6.07, 6.45) is 1.42. The minimum Gasteiger partial charge on any atom is -0.503 e. The molecule has 8 nitrogen and oxygen atoms in total. The molecule has 0 aromatic heterocycles. The number of benzene rings is 3. The molecule has 3 aromatic rings. The zero-order valence-electron chi connectivity index (χ0n) is 18.8. The number of amides is 1. The molecule has 0 unspecified atom stereocenters. The Morgan fingerprint density at radius 3 is 2.41 bits per heavy atom. The topological polar surface area (TPSA) is 108 Å². The number of nitrogens with one attached hydrogen (secondary N) is 1. The lowest BCUT2D eigenvalue weighted by Crippen LogP contribution is -2.26. The van der Waals surface area contributed by atoms with E-state index in [-0.39, 0.29) is 10.6 Å². The zero-order valence-corrected chi connectivity index (χ0v) is 21.2. The van der Waals surface area contributed by atoms with Gasteiger partial charge in [-0.25, -0.2) is 13.8 Å². The third kappa shape index (κ3) is 5.75. The highest BCUT2D eigenvalue weighted by Crippen LogP contribution is 2.35. The van der Waals surface area contributed by atoms with E-state index in [2.05, 4.69) is 26.5 Å². The Labute approximate surface area is 207 Å². The molecular formula is C24H24BrN3O5S. The van der Waals surface area contributed by atoms with Gasteiger partial charge < -0.3 is 9.84 Å². The number of phenolic OH excluding ortho intramolecular Hbond substituents is 1. The van der Waals surface area contributed by atoms with Crippen molar-refractivity contribution in [3.8, 4) is 11.5 Å². The highest BCUT2D eigenvalue weighted by molar-refractivity contribution is 9.10. The molecule has 0 aliphatic rings. The first-order chi connectivity index (χ1) is 16.1. The van der Waals surface area contributed by atoms with Crippen molar-refractivity contribution >= 4 is 43.8 Å². The van der Waals surface area contributed by atoms with E-state index in [1.165, 1.54) is 25.4 Å². The van der Waals surface area contributed by atoms with Gasteiger partial charge in [0.1, 0.15) is 0 Å². The molecule has 0 radical (unpaired) electrons. The predicted octanol–water partition coefficient (Wildman–Crippen LogP) is 4.45. The number of ether oxygens (including phenoxy) is 1. The number of carbonyl (C=O) groups is 1. The van der Waals surface area contributed by atoms with Crippen molar-refractivity contribution in [3.63, 3.8) is 0 Å². The highest BCUT2D eigenvalue weighted by Gasteiger charge is 2.21. The molecule has 0 fully saturated rings. The van der Waals surface area contributed by atoms with E-state index in [4.69, 9.17) is 4.74 Å². The average Bonchev–Trinajstić information content (AvgIpc) is 2.82. The molecule has 0 atom stereocenters. The Balaban J connectivity index is 1.69. The predicted molar refractivity (Wildman–Crippen MR) is 135 cm³/mol. The minimum absolute atomic E-state index is 0.0162. The van der Waals surface area contributed by atoms with Crippen molar-refractivity contribution in [1.29, 1.82) is 0 Å². The number of halogens is 1.